The zero-order valence-electron chi connectivity index (χ0n) is 21.6. The summed E-state index contributed by atoms with van der Waals surface area (Å²) in [4.78, 5) is 13.8. The smallest absolute Gasteiger partial charge is 0.239 e. The first kappa shape index (κ1) is 28.8. The first-order chi connectivity index (χ1) is 17.0. The van der Waals surface area contributed by atoms with Crippen molar-refractivity contribution in [2.45, 2.75) is 76.0 Å². The van der Waals surface area contributed by atoms with Crippen molar-refractivity contribution in [1.82, 2.24) is 10.0 Å². The molecule has 1 saturated carbocycles. The van der Waals surface area contributed by atoms with Gasteiger partial charge in [-0.3, -0.25) is 9.00 Å². The van der Waals surface area contributed by atoms with Crippen LogP contribution < -0.4 is 10.0 Å². The van der Waals surface area contributed by atoms with E-state index in [-0.39, 0.29) is 8.61 Å². The summed E-state index contributed by atoms with van der Waals surface area (Å²) >= 11 is 0. The Morgan fingerprint density at radius 3 is 2.53 bits per heavy atom. The van der Waals surface area contributed by atoms with E-state index in [0.717, 1.165) is 36.3 Å². The second-order valence-corrected chi connectivity index (χ2v) is 13.7. The van der Waals surface area contributed by atoms with Gasteiger partial charge in [-0.05, 0) is 60.3 Å². The van der Waals surface area contributed by atoms with E-state index in [2.05, 4.69) is 23.9 Å². The molecule has 1 fully saturated rings. The number of rotatable bonds is 11. The summed E-state index contributed by atoms with van der Waals surface area (Å²) in [5, 5.41) is 15.5. The topological polar surface area (TPSA) is 113 Å². The first-order valence-electron chi connectivity index (χ1n) is 12.8. The van der Waals surface area contributed by atoms with E-state index in [4.69, 9.17) is 0 Å². The molecule has 2 aromatic rings. The third-order valence-electron chi connectivity index (χ3n) is 7.37. The Balaban J connectivity index is 0.00000361. The number of hydrogen-bond acceptors (Lipinski definition) is 5. The fourth-order valence-electron chi connectivity index (χ4n) is 5.36. The summed E-state index contributed by atoms with van der Waals surface area (Å²) in [5.74, 6) is 0.813. The normalized spacial score (nSPS) is 24.1. The van der Waals surface area contributed by atoms with E-state index in [0.29, 0.717) is 35.5 Å². The van der Waals surface area contributed by atoms with Gasteiger partial charge in [0.1, 0.15) is 6.04 Å². The van der Waals surface area contributed by atoms with Crippen LogP contribution in [0.15, 0.2) is 47.4 Å². The summed E-state index contributed by atoms with van der Waals surface area (Å²) in [7, 11) is -5.38. The summed E-state index contributed by atoms with van der Waals surface area (Å²) in [5.41, 5.74) is 0. The van der Waals surface area contributed by atoms with Crippen LogP contribution in [0.2, 0.25) is 0 Å². The minimum Gasteiger partial charge on any atom is -0.391 e. The standard InChI is InChI=1S/C27H40N2O5S2.2H2/c1-5-23(25(30)16-21-14-13-18(2)15-19(21)3)28-27(31)24(29-36(4,33)34)17-35(32)26-12-8-10-20-9-6-7-11-22(20)26;;/h6-12,18-19,21,23-25,29-30H,5,13-17H2,1-4H3,(H,28,31);2*1H/t18?,19?,21?,23-,24+,25+,35?;;/m0../s1. The number of benzene rings is 2. The molecule has 0 heterocycles. The van der Waals surface area contributed by atoms with Crippen LogP contribution in [-0.2, 0) is 25.6 Å². The van der Waals surface area contributed by atoms with E-state index >= 15 is 0 Å². The van der Waals surface area contributed by atoms with Gasteiger partial charge < -0.3 is 10.4 Å². The van der Waals surface area contributed by atoms with Gasteiger partial charge in [0.2, 0.25) is 15.9 Å². The maximum absolute atomic E-state index is 13.3. The zero-order valence-corrected chi connectivity index (χ0v) is 23.3. The molecule has 1 aliphatic carbocycles. The molecular weight excluding hydrogens is 496 g/mol. The van der Waals surface area contributed by atoms with Crippen molar-refractivity contribution in [3.63, 3.8) is 0 Å². The monoisotopic (exact) mass is 540 g/mol. The molecule has 2 aromatic carbocycles. The van der Waals surface area contributed by atoms with Crippen LogP contribution >= 0.6 is 0 Å². The maximum atomic E-state index is 13.3. The number of aliphatic hydroxyl groups excluding tert-OH is 1. The van der Waals surface area contributed by atoms with Crippen molar-refractivity contribution in [3.8, 4) is 0 Å². The van der Waals surface area contributed by atoms with Gasteiger partial charge in [-0.25, -0.2) is 13.1 Å². The van der Waals surface area contributed by atoms with Crippen molar-refractivity contribution in [1.29, 1.82) is 0 Å². The Labute approximate surface area is 220 Å². The number of aliphatic hydroxyl groups is 1. The molecule has 7 nitrogen and oxygen atoms in total. The molecule has 4 unspecified atom stereocenters. The Morgan fingerprint density at radius 1 is 1.17 bits per heavy atom. The lowest BCUT2D eigenvalue weighted by Gasteiger charge is -2.35. The number of hydrogen-bond donors (Lipinski definition) is 3. The highest BCUT2D eigenvalue weighted by Gasteiger charge is 2.32. The Morgan fingerprint density at radius 2 is 1.86 bits per heavy atom. The minimum atomic E-state index is -3.74. The molecule has 36 heavy (non-hydrogen) atoms. The molecule has 9 heteroatoms. The Kier molecular flexibility index (Phi) is 10.1. The Bertz CT molecular complexity index is 1180. The predicted octanol–water partition coefficient (Wildman–Crippen LogP) is 4.08. The van der Waals surface area contributed by atoms with E-state index in [1.165, 1.54) is 0 Å². The number of carbonyl (C=O) groups excluding carboxylic acids is 1. The minimum absolute atomic E-state index is 0. The fourth-order valence-corrected chi connectivity index (χ4v) is 7.55. The highest BCUT2D eigenvalue weighted by molar-refractivity contribution is 7.89. The van der Waals surface area contributed by atoms with Crippen LogP contribution in [0.5, 0.6) is 0 Å². The second-order valence-electron chi connectivity index (χ2n) is 10.4. The average Bonchev–Trinajstić information content (AvgIpc) is 2.82. The van der Waals surface area contributed by atoms with E-state index in [1.54, 1.807) is 12.1 Å². The van der Waals surface area contributed by atoms with Crippen molar-refractivity contribution >= 4 is 37.5 Å². The van der Waals surface area contributed by atoms with Crippen molar-refractivity contribution in [2.75, 3.05) is 12.0 Å². The van der Waals surface area contributed by atoms with Crippen molar-refractivity contribution < 1.29 is 25.4 Å². The largest absolute Gasteiger partial charge is 0.391 e. The lowest BCUT2D eigenvalue weighted by atomic mass is 9.73. The molecule has 0 aromatic heterocycles. The zero-order chi connectivity index (χ0) is 26.5. The molecule has 0 radical (unpaired) electrons. The quantitative estimate of drug-likeness (QED) is 0.398. The molecule has 3 rings (SSSR count). The summed E-state index contributed by atoms with van der Waals surface area (Å²) in [6.07, 6.45) is 4.69. The number of sulfonamides is 1. The average molecular weight is 541 g/mol. The van der Waals surface area contributed by atoms with Gasteiger partial charge in [-0.2, -0.15) is 0 Å². The van der Waals surface area contributed by atoms with Crippen LogP contribution in [0.4, 0.5) is 0 Å². The number of nitrogens with one attached hydrogen (secondary N) is 2. The van der Waals surface area contributed by atoms with Crippen LogP contribution in [0, 0.1) is 17.8 Å². The highest BCUT2D eigenvalue weighted by atomic mass is 32.2. The lowest BCUT2D eigenvalue weighted by molar-refractivity contribution is -0.124. The second kappa shape index (κ2) is 12.6. The molecule has 1 aliphatic rings. The van der Waals surface area contributed by atoms with Gasteiger partial charge in [0.05, 0.1) is 35.0 Å². The highest BCUT2D eigenvalue weighted by Crippen LogP contribution is 2.36. The molecule has 7 atom stereocenters. The van der Waals surface area contributed by atoms with Gasteiger partial charge in [0, 0.05) is 7.75 Å². The van der Waals surface area contributed by atoms with E-state index in [1.807, 2.05) is 37.3 Å². The van der Waals surface area contributed by atoms with Gasteiger partial charge in [-0.1, -0.05) is 63.6 Å². The van der Waals surface area contributed by atoms with Crippen LogP contribution in [-0.4, -0.2) is 53.8 Å². The first-order valence-corrected chi connectivity index (χ1v) is 16.0. The summed E-state index contributed by atoms with van der Waals surface area (Å²) < 4.78 is 39.8. The molecule has 204 valence electrons. The van der Waals surface area contributed by atoms with E-state index in [9.17, 15) is 22.5 Å². The molecule has 1 amide bonds. The molecule has 0 bridgehead atoms. The summed E-state index contributed by atoms with van der Waals surface area (Å²) in [6, 6.07) is 11.2. The third-order valence-corrected chi connectivity index (χ3v) is 9.57. The molecule has 3 N–H and O–H groups in total. The van der Waals surface area contributed by atoms with Crippen molar-refractivity contribution in [3.05, 3.63) is 42.5 Å². The number of fused-ring (bicyclic) bond motifs is 1. The van der Waals surface area contributed by atoms with Gasteiger partial charge in [0.15, 0.2) is 0 Å². The predicted molar refractivity (Wildman–Crippen MR) is 150 cm³/mol. The Hall–Kier alpha value is -1.81. The summed E-state index contributed by atoms with van der Waals surface area (Å²) in [6.45, 7) is 6.37. The molecule has 0 aliphatic heterocycles. The maximum Gasteiger partial charge on any atom is 0.239 e. The fraction of sp³-hybridized carbons (Fsp3) is 0.593. The van der Waals surface area contributed by atoms with Gasteiger partial charge in [-0.15, -0.1) is 0 Å². The third kappa shape index (κ3) is 7.84. The SMILES string of the molecule is CC[C@H](NC(=O)[C@@H](CS(=O)c1cccc2ccccc12)NS(C)(=O)=O)[C@H](O)CC1CCC(C)CC1C.[HH].[HH]. The van der Waals surface area contributed by atoms with E-state index < -0.39 is 44.9 Å². The molecule has 0 spiro atoms. The van der Waals surface area contributed by atoms with Crippen LogP contribution in [0.3, 0.4) is 0 Å². The van der Waals surface area contributed by atoms with Gasteiger partial charge >= 0.3 is 0 Å². The van der Waals surface area contributed by atoms with Crippen LogP contribution in [0.1, 0.15) is 55.7 Å². The number of carbonyl (C=O) groups is 1. The molecular formula is C27H44N2O5S2. The van der Waals surface area contributed by atoms with Crippen molar-refractivity contribution in [2.24, 2.45) is 17.8 Å². The lowest BCUT2D eigenvalue weighted by Crippen LogP contribution is -2.54. The van der Waals surface area contributed by atoms with Crippen LogP contribution in [0.25, 0.3) is 10.8 Å². The number of amides is 1. The molecule has 0 saturated heterocycles. The van der Waals surface area contributed by atoms with Gasteiger partial charge in [0.25, 0.3) is 0 Å².